The number of amides is 4. The van der Waals surface area contributed by atoms with Crippen molar-refractivity contribution in [3.05, 3.63) is 34.3 Å². The van der Waals surface area contributed by atoms with Gasteiger partial charge in [0, 0.05) is 23.1 Å². The molecule has 1 aromatic rings. The standard InChI is InChI=1S/C17H20BrN3O3/c18-13-6-3-5-12(11-13)14(22)19-9-4-10-21-15(23)17(20-16(21)24)7-1-2-8-17/h3,5-6,11H,1-2,4,7-10H2,(H,19,22)(H,20,24). The Hall–Kier alpha value is -1.89. The van der Waals surface area contributed by atoms with E-state index in [1.807, 2.05) is 6.07 Å². The fourth-order valence-electron chi connectivity index (χ4n) is 3.37. The molecular weight excluding hydrogens is 374 g/mol. The van der Waals surface area contributed by atoms with E-state index in [0.29, 0.717) is 25.1 Å². The molecule has 2 aliphatic rings. The molecule has 1 heterocycles. The zero-order valence-electron chi connectivity index (χ0n) is 13.3. The number of hydrogen-bond donors (Lipinski definition) is 2. The molecule has 1 saturated carbocycles. The Bertz CT molecular complexity index is 671. The summed E-state index contributed by atoms with van der Waals surface area (Å²) in [5, 5.41) is 5.67. The Balaban J connectivity index is 1.47. The molecule has 1 spiro atoms. The maximum Gasteiger partial charge on any atom is 0.325 e. The number of nitrogens with one attached hydrogen (secondary N) is 2. The van der Waals surface area contributed by atoms with Gasteiger partial charge < -0.3 is 10.6 Å². The lowest BCUT2D eigenvalue weighted by molar-refractivity contribution is -0.131. The van der Waals surface area contributed by atoms with E-state index in [2.05, 4.69) is 26.6 Å². The van der Waals surface area contributed by atoms with E-state index in [0.717, 1.165) is 30.2 Å². The van der Waals surface area contributed by atoms with Crippen LogP contribution in [-0.4, -0.2) is 41.4 Å². The van der Waals surface area contributed by atoms with E-state index in [1.54, 1.807) is 18.2 Å². The molecule has 0 aromatic heterocycles. The molecule has 1 saturated heterocycles. The first-order chi connectivity index (χ1) is 11.5. The lowest BCUT2D eigenvalue weighted by Crippen LogP contribution is -2.44. The van der Waals surface area contributed by atoms with Crippen LogP contribution in [0.2, 0.25) is 0 Å². The SMILES string of the molecule is O=C(NCCCN1C(=O)NC2(CCCC2)C1=O)c1cccc(Br)c1. The van der Waals surface area contributed by atoms with Crippen molar-refractivity contribution in [3.63, 3.8) is 0 Å². The first kappa shape index (κ1) is 17.0. The highest BCUT2D eigenvalue weighted by Crippen LogP contribution is 2.34. The average Bonchev–Trinajstić information content (AvgIpc) is 3.11. The van der Waals surface area contributed by atoms with Gasteiger partial charge in [0.2, 0.25) is 0 Å². The molecular formula is C17H20BrN3O3. The minimum atomic E-state index is -0.656. The highest BCUT2D eigenvalue weighted by Gasteiger charge is 2.51. The molecule has 3 rings (SSSR count). The zero-order valence-corrected chi connectivity index (χ0v) is 14.9. The van der Waals surface area contributed by atoms with Gasteiger partial charge in [0.1, 0.15) is 5.54 Å². The van der Waals surface area contributed by atoms with E-state index in [-0.39, 0.29) is 17.8 Å². The number of imide groups is 1. The van der Waals surface area contributed by atoms with Crippen molar-refractivity contribution in [3.8, 4) is 0 Å². The third kappa shape index (κ3) is 3.31. The summed E-state index contributed by atoms with van der Waals surface area (Å²) in [6.07, 6.45) is 3.95. The summed E-state index contributed by atoms with van der Waals surface area (Å²) in [6.45, 7) is 0.737. The van der Waals surface area contributed by atoms with Crippen molar-refractivity contribution in [2.75, 3.05) is 13.1 Å². The first-order valence-electron chi connectivity index (χ1n) is 8.20. The van der Waals surface area contributed by atoms with Gasteiger partial charge in [-0.2, -0.15) is 0 Å². The molecule has 0 unspecified atom stereocenters. The summed E-state index contributed by atoms with van der Waals surface area (Å²) in [5.74, 6) is -0.274. The Labute approximate surface area is 149 Å². The molecule has 6 nitrogen and oxygen atoms in total. The van der Waals surface area contributed by atoms with Crippen LogP contribution in [0.4, 0.5) is 4.79 Å². The normalized spacial score (nSPS) is 19.0. The van der Waals surface area contributed by atoms with Crippen LogP contribution in [-0.2, 0) is 4.79 Å². The molecule has 4 amide bonds. The second-order valence-corrected chi connectivity index (χ2v) is 7.21. The maximum absolute atomic E-state index is 12.5. The summed E-state index contributed by atoms with van der Waals surface area (Å²) >= 11 is 3.33. The van der Waals surface area contributed by atoms with Gasteiger partial charge in [0.15, 0.2) is 0 Å². The lowest BCUT2D eigenvalue weighted by atomic mass is 9.98. The van der Waals surface area contributed by atoms with Crippen molar-refractivity contribution in [1.29, 1.82) is 0 Å². The predicted molar refractivity (Wildman–Crippen MR) is 92.5 cm³/mol. The number of carbonyl (C=O) groups excluding carboxylic acids is 3. The monoisotopic (exact) mass is 393 g/mol. The quantitative estimate of drug-likeness (QED) is 0.595. The van der Waals surface area contributed by atoms with Gasteiger partial charge in [-0.15, -0.1) is 0 Å². The number of hydrogen-bond acceptors (Lipinski definition) is 3. The topological polar surface area (TPSA) is 78.5 Å². The van der Waals surface area contributed by atoms with Crippen LogP contribution in [0.3, 0.4) is 0 Å². The van der Waals surface area contributed by atoms with Crippen molar-refractivity contribution < 1.29 is 14.4 Å². The Kier molecular flexibility index (Phi) is 4.89. The number of carbonyl (C=O) groups is 3. The molecule has 1 aromatic carbocycles. The molecule has 1 aliphatic heterocycles. The predicted octanol–water partition coefficient (Wildman–Crippen LogP) is 2.43. The van der Waals surface area contributed by atoms with Crippen molar-refractivity contribution in [2.45, 2.75) is 37.6 Å². The van der Waals surface area contributed by atoms with Crippen LogP contribution in [0.25, 0.3) is 0 Å². The molecule has 0 bridgehead atoms. The van der Waals surface area contributed by atoms with Gasteiger partial charge in [-0.1, -0.05) is 34.8 Å². The van der Waals surface area contributed by atoms with Crippen LogP contribution in [0.5, 0.6) is 0 Å². The minimum absolute atomic E-state index is 0.108. The summed E-state index contributed by atoms with van der Waals surface area (Å²) < 4.78 is 0.844. The van der Waals surface area contributed by atoms with Crippen molar-refractivity contribution in [2.24, 2.45) is 0 Å². The molecule has 0 radical (unpaired) electrons. The smallest absolute Gasteiger partial charge is 0.325 e. The fourth-order valence-corrected chi connectivity index (χ4v) is 3.77. The fraction of sp³-hybridized carbons (Fsp3) is 0.471. The number of rotatable bonds is 5. The molecule has 24 heavy (non-hydrogen) atoms. The summed E-state index contributed by atoms with van der Waals surface area (Å²) in [7, 11) is 0. The highest BCUT2D eigenvalue weighted by molar-refractivity contribution is 9.10. The minimum Gasteiger partial charge on any atom is -0.352 e. The van der Waals surface area contributed by atoms with Crippen LogP contribution < -0.4 is 10.6 Å². The van der Waals surface area contributed by atoms with Crippen LogP contribution in [0.15, 0.2) is 28.7 Å². The van der Waals surface area contributed by atoms with Gasteiger partial charge in [0.05, 0.1) is 0 Å². The van der Waals surface area contributed by atoms with Gasteiger partial charge >= 0.3 is 6.03 Å². The molecule has 7 heteroatoms. The molecule has 128 valence electrons. The summed E-state index contributed by atoms with van der Waals surface area (Å²) in [5.41, 5.74) is -0.0827. The molecule has 2 N–H and O–H groups in total. The Morgan fingerprint density at radius 3 is 2.75 bits per heavy atom. The van der Waals surface area contributed by atoms with Gasteiger partial charge in [-0.25, -0.2) is 4.79 Å². The van der Waals surface area contributed by atoms with Gasteiger partial charge in [0.25, 0.3) is 11.8 Å². The third-order valence-corrected chi connectivity index (χ3v) is 5.13. The second-order valence-electron chi connectivity index (χ2n) is 6.30. The summed E-state index contributed by atoms with van der Waals surface area (Å²) in [6, 6.07) is 6.83. The first-order valence-corrected chi connectivity index (χ1v) is 8.99. The lowest BCUT2D eigenvalue weighted by Gasteiger charge is -2.20. The number of benzene rings is 1. The van der Waals surface area contributed by atoms with Crippen LogP contribution >= 0.6 is 15.9 Å². The Morgan fingerprint density at radius 2 is 2.04 bits per heavy atom. The van der Waals surface area contributed by atoms with E-state index < -0.39 is 5.54 Å². The number of halogens is 1. The molecule has 2 fully saturated rings. The van der Waals surface area contributed by atoms with E-state index in [9.17, 15) is 14.4 Å². The molecule has 1 aliphatic carbocycles. The van der Waals surface area contributed by atoms with Crippen LogP contribution in [0, 0.1) is 0 Å². The zero-order chi connectivity index (χ0) is 17.2. The molecule has 0 atom stereocenters. The summed E-state index contributed by atoms with van der Waals surface area (Å²) in [4.78, 5) is 37.8. The van der Waals surface area contributed by atoms with Gasteiger partial charge in [-0.05, 0) is 37.5 Å². The average molecular weight is 394 g/mol. The Morgan fingerprint density at radius 1 is 1.29 bits per heavy atom. The largest absolute Gasteiger partial charge is 0.352 e. The van der Waals surface area contributed by atoms with Crippen molar-refractivity contribution in [1.82, 2.24) is 15.5 Å². The third-order valence-electron chi connectivity index (χ3n) is 4.63. The maximum atomic E-state index is 12.5. The van der Waals surface area contributed by atoms with Crippen LogP contribution in [0.1, 0.15) is 42.5 Å². The van der Waals surface area contributed by atoms with Gasteiger partial charge in [-0.3, -0.25) is 14.5 Å². The van der Waals surface area contributed by atoms with E-state index in [1.165, 1.54) is 4.90 Å². The second kappa shape index (κ2) is 6.93. The highest BCUT2D eigenvalue weighted by atomic mass is 79.9. The van der Waals surface area contributed by atoms with Crippen molar-refractivity contribution >= 4 is 33.8 Å². The number of urea groups is 1. The van der Waals surface area contributed by atoms with E-state index >= 15 is 0 Å². The van der Waals surface area contributed by atoms with E-state index in [4.69, 9.17) is 0 Å². The number of nitrogens with zero attached hydrogens (tertiary/aromatic N) is 1.